The van der Waals surface area contributed by atoms with Crippen molar-refractivity contribution in [3.8, 4) is 0 Å². The lowest BCUT2D eigenvalue weighted by Gasteiger charge is -2.46. The highest BCUT2D eigenvalue weighted by molar-refractivity contribution is 7.10. The van der Waals surface area contributed by atoms with Crippen molar-refractivity contribution in [2.45, 2.75) is 37.3 Å². The molecule has 3 saturated heterocycles. The van der Waals surface area contributed by atoms with Gasteiger partial charge < -0.3 is 20.6 Å². The quantitative estimate of drug-likeness (QED) is 0.434. The maximum Gasteiger partial charge on any atom is 0.490 e. The van der Waals surface area contributed by atoms with E-state index in [0.29, 0.717) is 28.9 Å². The Morgan fingerprint density at radius 1 is 1.08 bits per heavy atom. The lowest BCUT2D eigenvalue weighted by Crippen LogP contribution is -2.61. The molecule has 0 radical (unpaired) electrons. The Labute approximate surface area is 203 Å². The summed E-state index contributed by atoms with van der Waals surface area (Å²) in [7, 11) is 0. The number of nitrogens with one attached hydrogen (secondary N) is 2. The molecule has 2 bridgehead atoms. The summed E-state index contributed by atoms with van der Waals surface area (Å²) in [6.07, 6.45) is -7.36. The van der Waals surface area contributed by atoms with E-state index >= 15 is 0 Å². The van der Waals surface area contributed by atoms with E-state index in [-0.39, 0.29) is 11.4 Å². The number of anilines is 2. The number of fused-ring (bicyclic) bond motifs is 4. The van der Waals surface area contributed by atoms with Crippen LogP contribution in [-0.2, 0) is 11.0 Å². The maximum atomic E-state index is 13.1. The number of hydrogen-bond donors (Lipinski definition) is 3. The van der Waals surface area contributed by atoms with Crippen LogP contribution in [0.25, 0.3) is 5.52 Å². The molecule has 0 aliphatic carbocycles. The van der Waals surface area contributed by atoms with Gasteiger partial charge in [-0.15, -0.1) is 16.4 Å². The number of hydrogen-bond acceptors (Lipinski definition) is 6. The zero-order valence-electron chi connectivity index (χ0n) is 18.2. The van der Waals surface area contributed by atoms with Crippen LogP contribution in [0.3, 0.4) is 0 Å². The number of amides is 1. The number of aliphatic carboxylic acids is 1. The number of thiophene rings is 1. The molecule has 36 heavy (non-hydrogen) atoms. The molecular formula is C21H19F6N5O3S. The minimum atomic E-state index is -5.08. The Morgan fingerprint density at radius 3 is 2.33 bits per heavy atom. The summed E-state index contributed by atoms with van der Waals surface area (Å²) in [5, 5.41) is 18.9. The standard InChI is InChI=1S/C19H18F3N5OS.C2HF3O2/c20-19(21,22)17-14(7-8-29-17)24-18(28)15-5-3-12-4-6-16(25-27(12)15)26-10-11-1-2-13(26)9-23-11;3-2(4,5)1(6)7/h3-8,11,13,23H,1-2,9-10H2,(H,24,28);(H,6,7)/t11-,13-;/m0./s1. The number of halogens is 6. The van der Waals surface area contributed by atoms with Crippen LogP contribution >= 0.6 is 11.3 Å². The smallest absolute Gasteiger partial charge is 0.475 e. The van der Waals surface area contributed by atoms with Crippen molar-refractivity contribution in [3.05, 3.63) is 46.3 Å². The van der Waals surface area contributed by atoms with E-state index in [1.165, 1.54) is 16.0 Å². The van der Waals surface area contributed by atoms with Crippen molar-refractivity contribution in [1.29, 1.82) is 0 Å². The van der Waals surface area contributed by atoms with Crippen LogP contribution in [0.5, 0.6) is 0 Å². The molecule has 0 saturated carbocycles. The average Bonchev–Trinajstić information content (AvgIpc) is 3.46. The molecule has 1 amide bonds. The van der Waals surface area contributed by atoms with E-state index in [9.17, 15) is 31.1 Å². The van der Waals surface area contributed by atoms with Gasteiger partial charge >= 0.3 is 18.3 Å². The lowest BCUT2D eigenvalue weighted by molar-refractivity contribution is -0.192. The maximum absolute atomic E-state index is 13.1. The Hall–Kier alpha value is -3.33. The van der Waals surface area contributed by atoms with Gasteiger partial charge in [-0.1, -0.05) is 0 Å². The fourth-order valence-corrected chi connectivity index (χ4v) is 4.83. The highest BCUT2D eigenvalue weighted by Crippen LogP contribution is 2.39. The normalized spacial score (nSPS) is 19.7. The Morgan fingerprint density at radius 2 is 1.78 bits per heavy atom. The number of piperazine rings is 1. The number of nitrogens with zero attached hydrogens (tertiary/aromatic N) is 3. The highest BCUT2D eigenvalue weighted by Gasteiger charge is 2.38. The van der Waals surface area contributed by atoms with Crippen molar-refractivity contribution in [1.82, 2.24) is 14.9 Å². The molecule has 0 unspecified atom stereocenters. The van der Waals surface area contributed by atoms with Crippen LogP contribution in [0.4, 0.5) is 37.8 Å². The zero-order chi connectivity index (χ0) is 26.3. The number of carboxylic acid groups (broad SMARTS) is 1. The number of rotatable bonds is 3. The number of piperidine rings is 2. The largest absolute Gasteiger partial charge is 0.490 e. The van der Waals surface area contributed by atoms with Gasteiger partial charge in [-0.3, -0.25) is 4.79 Å². The topological polar surface area (TPSA) is 99.0 Å². The van der Waals surface area contributed by atoms with Gasteiger partial charge in [0.15, 0.2) is 0 Å². The summed E-state index contributed by atoms with van der Waals surface area (Å²) in [6.45, 7) is 1.76. The summed E-state index contributed by atoms with van der Waals surface area (Å²) >= 11 is 0.553. The predicted octanol–water partition coefficient (Wildman–Crippen LogP) is 4.24. The van der Waals surface area contributed by atoms with Gasteiger partial charge in [0.25, 0.3) is 5.91 Å². The fourth-order valence-electron chi connectivity index (χ4n) is 4.11. The number of carbonyl (C=O) groups excluding carboxylic acids is 1. The minimum absolute atomic E-state index is 0.196. The van der Waals surface area contributed by atoms with Crippen molar-refractivity contribution in [2.75, 3.05) is 23.3 Å². The second-order valence-electron chi connectivity index (χ2n) is 8.15. The van der Waals surface area contributed by atoms with Crippen LogP contribution in [0.2, 0.25) is 0 Å². The summed E-state index contributed by atoms with van der Waals surface area (Å²) in [5.74, 6) is -2.61. The molecule has 3 aliphatic rings. The van der Waals surface area contributed by atoms with Crippen LogP contribution in [0, 0.1) is 0 Å². The first kappa shape index (κ1) is 25.8. The first-order valence-electron chi connectivity index (χ1n) is 10.6. The number of aromatic nitrogens is 2. The third kappa shape index (κ3) is 5.41. The van der Waals surface area contributed by atoms with Gasteiger partial charge in [0.2, 0.25) is 0 Å². The van der Waals surface area contributed by atoms with Crippen LogP contribution < -0.4 is 15.5 Å². The second-order valence-corrected chi connectivity index (χ2v) is 9.07. The Bertz CT molecular complexity index is 1260. The minimum Gasteiger partial charge on any atom is -0.475 e. The Balaban J connectivity index is 0.000000384. The van der Waals surface area contributed by atoms with Gasteiger partial charge in [0, 0.05) is 25.2 Å². The number of alkyl halides is 6. The van der Waals surface area contributed by atoms with E-state index in [0.717, 1.165) is 31.7 Å². The van der Waals surface area contributed by atoms with Gasteiger partial charge in [0.1, 0.15) is 16.4 Å². The molecule has 0 spiro atoms. The molecule has 3 N–H and O–H groups in total. The van der Waals surface area contributed by atoms with E-state index in [1.807, 2.05) is 12.1 Å². The van der Waals surface area contributed by atoms with Crippen LogP contribution in [0.1, 0.15) is 28.2 Å². The summed E-state index contributed by atoms with van der Waals surface area (Å²) in [6, 6.07) is 9.16. The van der Waals surface area contributed by atoms with E-state index in [2.05, 4.69) is 20.6 Å². The first-order valence-corrected chi connectivity index (χ1v) is 11.5. The van der Waals surface area contributed by atoms with Crippen LogP contribution in [-0.4, -0.2) is 57.9 Å². The zero-order valence-corrected chi connectivity index (χ0v) is 19.0. The molecule has 3 fully saturated rings. The van der Waals surface area contributed by atoms with E-state index in [1.54, 1.807) is 12.1 Å². The molecule has 194 valence electrons. The molecule has 6 heterocycles. The monoisotopic (exact) mass is 535 g/mol. The third-order valence-corrected chi connectivity index (χ3v) is 6.74. The molecule has 2 atom stereocenters. The number of carboxylic acids is 1. The second kappa shape index (κ2) is 9.61. The predicted molar refractivity (Wildman–Crippen MR) is 118 cm³/mol. The van der Waals surface area contributed by atoms with Crippen molar-refractivity contribution in [3.63, 3.8) is 0 Å². The lowest BCUT2D eigenvalue weighted by atomic mass is 9.93. The van der Waals surface area contributed by atoms with Gasteiger partial charge in [-0.2, -0.15) is 26.3 Å². The van der Waals surface area contributed by atoms with Crippen LogP contribution in [0.15, 0.2) is 35.7 Å². The number of carbonyl (C=O) groups is 2. The molecular weight excluding hydrogens is 516 g/mol. The van der Waals surface area contributed by atoms with Crippen molar-refractivity contribution in [2.24, 2.45) is 0 Å². The molecule has 8 nitrogen and oxygen atoms in total. The molecule has 3 aromatic rings. The molecule has 3 aromatic heterocycles. The van der Waals surface area contributed by atoms with Crippen molar-refractivity contribution >= 4 is 40.2 Å². The molecule has 6 rings (SSSR count). The average molecular weight is 535 g/mol. The van der Waals surface area contributed by atoms with E-state index in [4.69, 9.17) is 9.90 Å². The molecule has 3 aliphatic heterocycles. The first-order chi connectivity index (χ1) is 16.8. The SMILES string of the molecule is O=C(Nc1ccsc1C(F)(F)F)c1ccc2ccc(N3C[C@@H]4CC[C@H]3CN4)nn12.O=C(O)C(F)(F)F. The van der Waals surface area contributed by atoms with Gasteiger partial charge in [-0.25, -0.2) is 9.31 Å². The highest BCUT2D eigenvalue weighted by atomic mass is 32.1. The van der Waals surface area contributed by atoms with Gasteiger partial charge in [0.05, 0.1) is 11.2 Å². The summed E-state index contributed by atoms with van der Waals surface area (Å²) in [5.41, 5.74) is 0.667. The third-order valence-electron chi connectivity index (χ3n) is 5.78. The van der Waals surface area contributed by atoms with E-state index < -0.39 is 29.1 Å². The van der Waals surface area contributed by atoms with Gasteiger partial charge in [-0.05, 0) is 48.6 Å². The summed E-state index contributed by atoms with van der Waals surface area (Å²) < 4.78 is 72.5. The fraction of sp³-hybridized carbons (Fsp3) is 0.381. The Kier molecular flexibility index (Phi) is 6.88. The molecule has 0 aromatic carbocycles. The summed E-state index contributed by atoms with van der Waals surface area (Å²) in [4.78, 5) is 23.0. The van der Waals surface area contributed by atoms with Crippen molar-refractivity contribution < 1.29 is 41.0 Å². The molecule has 15 heteroatoms.